The molecule has 0 spiro atoms. The molecule has 0 aromatic heterocycles. The molecule has 2 rings (SSSR count). The van der Waals surface area contributed by atoms with Gasteiger partial charge in [-0.3, -0.25) is 9.69 Å². The van der Waals surface area contributed by atoms with Gasteiger partial charge in [-0.05, 0) is 44.7 Å². The van der Waals surface area contributed by atoms with Gasteiger partial charge in [0.2, 0.25) is 5.91 Å². The molecule has 0 aromatic rings. The average molecular weight is 281 g/mol. The largest absolute Gasteiger partial charge is 0.352 e. The van der Waals surface area contributed by atoms with E-state index in [4.69, 9.17) is 5.73 Å². The van der Waals surface area contributed by atoms with Crippen molar-refractivity contribution in [2.75, 3.05) is 19.6 Å². The number of hydrogen-bond acceptors (Lipinski definition) is 3. The molecule has 0 radical (unpaired) electrons. The zero-order valence-electron chi connectivity index (χ0n) is 12.9. The lowest BCUT2D eigenvalue weighted by atomic mass is 9.95. The van der Waals surface area contributed by atoms with Gasteiger partial charge in [0.15, 0.2) is 0 Å². The van der Waals surface area contributed by atoms with Crippen molar-refractivity contribution in [2.24, 2.45) is 11.7 Å². The van der Waals surface area contributed by atoms with Gasteiger partial charge in [-0.15, -0.1) is 0 Å². The number of nitrogens with two attached hydrogens (primary N) is 1. The third-order valence-electron chi connectivity index (χ3n) is 5.11. The summed E-state index contributed by atoms with van der Waals surface area (Å²) in [6.45, 7) is 4.40. The smallest absolute Gasteiger partial charge is 0.234 e. The second kappa shape index (κ2) is 7.99. The van der Waals surface area contributed by atoms with Gasteiger partial charge in [-0.1, -0.05) is 32.6 Å². The van der Waals surface area contributed by atoms with E-state index in [0.717, 1.165) is 25.9 Å². The third-order valence-corrected chi connectivity index (χ3v) is 5.11. The van der Waals surface area contributed by atoms with E-state index in [9.17, 15) is 4.79 Å². The summed E-state index contributed by atoms with van der Waals surface area (Å²) in [7, 11) is 0. The van der Waals surface area contributed by atoms with Gasteiger partial charge < -0.3 is 11.1 Å². The first-order chi connectivity index (χ1) is 9.74. The van der Waals surface area contributed by atoms with Crippen LogP contribution >= 0.6 is 0 Å². The number of nitrogens with one attached hydrogen (secondary N) is 1. The zero-order valence-corrected chi connectivity index (χ0v) is 12.9. The van der Waals surface area contributed by atoms with Crippen molar-refractivity contribution >= 4 is 5.91 Å². The summed E-state index contributed by atoms with van der Waals surface area (Å²) < 4.78 is 0. The van der Waals surface area contributed by atoms with Gasteiger partial charge in [-0.2, -0.15) is 0 Å². The maximum atomic E-state index is 12.2. The standard InChI is InChI=1S/C16H31N3O/c1-2-19(15-10-6-7-13(15)11-17)12-16(20)18-14-8-4-3-5-9-14/h13-15H,2-12,17H2,1H3,(H,18,20). The number of carbonyl (C=O) groups excluding carboxylic acids is 1. The van der Waals surface area contributed by atoms with E-state index < -0.39 is 0 Å². The Morgan fingerprint density at radius 3 is 2.55 bits per heavy atom. The molecular formula is C16H31N3O. The van der Waals surface area contributed by atoms with Crippen LogP contribution in [0.4, 0.5) is 0 Å². The molecule has 0 saturated heterocycles. The van der Waals surface area contributed by atoms with E-state index >= 15 is 0 Å². The lowest BCUT2D eigenvalue weighted by Crippen LogP contribution is -2.48. The Kier molecular flexibility index (Phi) is 6.30. The minimum atomic E-state index is 0.210. The van der Waals surface area contributed by atoms with Crippen molar-refractivity contribution in [3.63, 3.8) is 0 Å². The van der Waals surface area contributed by atoms with Crippen molar-refractivity contribution in [3.05, 3.63) is 0 Å². The first-order valence-corrected chi connectivity index (χ1v) is 8.48. The average Bonchev–Trinajstić information content (AvgIpc) is 2.94. The Balaban J connectivity index is 1.81. The zero-order chi connectivity index (χ0) is 14.4. The summed E-state index contributed by atoms with van der Waals surface area (Å²) in [6.07, 6.45) is 9.86. The molecule has 0 aromatic carbocycles. The van der Waals surface area contributed by atoms with E-state index in [-0.39, 0.29) is 5.91 Å². The number of nitrogens with zero attached hydrogens (tertiary/aromatic N) is 1. The summed E-state index contributed by atoms with van der Waals surface area (Å²) in [5.41, 5.74) is 5.87. The highest BCUT2D eigenvalue weighted by atomic mass is 16.2. The number of rotatable bonds is 6. The van der Waals surface area contributed by atoms with Crippen LogP contribution in [0.2, 0.25) is 0 Å². The second-order valence-corrected chi connectivity index (χ2v) is 6.46. The molecule has 3 N–H and O–H groups in total. The summed E-state index contributed by atoms with van der Waals surface area (Å²) in [5, 5.41) is 3.23. The maximum absolute atomic E-state index is 12.2. The van der Waals surface area contributed by atoms with Crippen molar-refractivity contribution in [1.29, 1.82) is 0 Å². The van der Waals surface area contributed by atoms with Crippen molar-refractivity contribution < 1.29 is 4.79 Å². The fourth-order valence-electron chi connectivity index (χ4n) is 3.94. The molecule has 0 heterocycles. The summed E-state index contributed by atoms with van der Waals surface area (Å²) >= 11 is 0. The Labute approximate surface area is 123 Å². The SMILES string of the molecule is CCN(CC(=O)NC1CCCCC1)C1CCCC1CN. The van der Waals surface area contributed by atoms with E-state index in [0.29, 0.717) is 24.5 Å². The minimum absolute atomic E-state index is 0.210. The van der Waals surface area contributed by atoms with Gasteiger partial charge in [0.05, 0.1) is 6.54 Å². The molecule has 0 bridgehead atoms. The maximum Gasteiger partial charge on any atom is 0.234 e. The van der Waals surface area contributed by atoms with Crippen LogP contribution < -0.4 is 11.1 Å². The monoisotopic (exact) mass is 281 g/mol. The molecule has 2 aliphatic carbocycles. The molecule has 1 amide bonds. The van der Waals surface area contributed by atoms with Crippen LogP contribution in [0.15, 0.2) is 0 Å². The number of likely N-dealkylation sites (N-methyl/N-ethyl adjacent to an activating group) is 1. The topological polar surface area (TPSA) is 58.4 Å². The number of carbonyl (C=O) groups is 1. The van der Waals surface area contributed by atoms with Crippen LogP contribution in [0.3, 0.4) is 0 Å². The quantitative estimate of drug-likeness (QED) is 0.781. The molecule has 0 aliphatic heterocycles. The first-order valence-electron chi connectivity index (χ1n) is 8.48. The van der Waals surface area contributed by atoms with Crippen LogP contribution in [-0.2, 0) is 4.79 Å². The molecular weight excluding hydrogens is 250 g/mol. The fraction of sp³-hybridized carbons (Fsp3) is 0.938. The first kappa shape index (κ1) is 15.8. The number of amides is 1. The van der Waals surface area contributed by atoms with Gasteiger partial charge >= 0.3 is 0 Å². The Bertz CT molecular complexity index is 302. The molecule has 2 unspecified atom stereocenters. The van der Waals surface area contributed by atoms with Crippen molar-refractivity contribution in [3.8, 4) is 0 Å². The minimum Gasteiger partial charge on any atom is -0.352 e. The van der Waals surface area contributed by atoms with E-state index in [1.807, 2.05) is 0 Å². The molecule has 4 nitrogen and oxygen atoms in total. The molecule has 20 heavy (non-hydrogen) atoms. The van der Waals surface area contributed by atoms with Crippen LogP contribution in [0.1, 0.15) is 58.3 Å². The fourth-order valence-corrected chi connectivity index (χ4v) is 3.94. The lowest BCUT2D eigenvalue weighted by molar-refractivity contribution is -0.123. The van der Waals surface area contributed by atoms with Crippen LogP contribution in [0, 0.1) is 5.92 Å². The Morgan fingerprint density at radius 2 is 1.90 bits per heavy atom. The molecule has 4 heteroatoms. The molecule has 2 atom stereocenters. The molecule has 2 saturated carbocycles. The van der Waals surface area contributed by atoms with Gasteiger partial charge in [0.1, 0.15) is 0 Å². The normalized spacial score (nSPS) is 27.9. The Morgan fingerprint density at radius 1 is 1.15 bits per heavy atom. The second-order valence-electron chi connectivity index (χ2n) is 6.46. The molecule has 116 valence electrons. The molecule has 2 aliphatic rings. The van der Waals surface area contributed by atoms with Crippen LogP contribution in [-0.4, -0.2) is 42.5 Å². The van der Waals surface area contributed by atoms with Gasteiger partial charge in [0.25, 0.3) is 0 Å². The van der Waals surface area contributed by atoms with Gasteiger partial charge in [0, 0.05) is 12.1 Å². The highest BCUT2D eigenvalue weighted by Gasteiger charge is 2.31. The highest BCUT2D eigenvalue weighted by Crippen LogP contribution is 2.29. The summed E-state index contributed by atoms with van der Waals surface area (Å²) in [4.78, 5) is 14.6. The lowest BCUT2D eigenvalue weighted by Gasteiger charge is -2.32. The van der Waals surface area contributed by atoms with Gasteiger partial charge in [-0.25, -0.2) is 0 Å². The summed E-state index contributed by atoms with van der Waals surface area (Å²) in [5.74, 6) is 0.791. The molecule has 2 fully saturated rings. The van der Waals surface area contributed by atoms with Crippen molar-refractivity contribution in [1.82, 2.24) is 10.2 Å². The highest BCUT2D eigenvalue weighted by molar-refractivity contribution is 5.78. The Hall–Kier alpha value is -0.610. The predicted molar refractivity (Wildman–Crippen MR) is 82.4 cm³/mol. The predicted octanol–water partition coefficient (Wildman–Crippen LogP) is 1.88. The van der Waals surface area contributed by atoms with E-state index in [1.54, 1.807) is 0 Å². The van der Waals surface area contributed by atoms with Crippen LogP contribution in [0.5, 0.6) is 0 Å². The van der Waals surface area contributed by atoms with E-state index in [2.05, 4.69) is 17.1 Å². The van der Waals surface area contributed by atoms with E-state index in [1.165, 1.54) is 38.5 Å². The van der Waals surface area contributed by atoms with Crippen LogP contribution in [0.25, 0.3) is 0 Å². The summed E-state index contributed by atoms with van der Waals surface area (Å²) in [6, 6.07) is 0.936. The third kappa shape index (κ3) is 4.19. The number of hydrogen-bond donors (Lipinski definition) is 2. The van der Waals surface area contributed by atoms with Crippen molar-refractivity contribution in [2.45, 2.75) is 70.4 Å².